The molecule has 9 aromatic rings. The Bertz CT molecular complexity index is 3530. The average molecular weight is 866 g/mol. The quantitative estimate of drug-likeness (QED) is 0.154. The van der Waals surface area contributed by atoms with Gasteiger partial charge in [0, 0.05) is 131 Å². The SMILES string of the molecule is C[N+]1=C=[N+](C2(c3cccc(C4(c5cccc(C6(c7cc(C(C)(C)C)ccn7)c7ccncc7-c7cnccc76)c5)c5ccncc5-c5cnccc54)c3)c3ccncc3-c3cnccc32)C=C1. The van der Waals surface area contributed by atoms with Gasteiger partial charge in [0.1, 0.15) is 0 Å². The van der Waals surface area contributed by atoms with E-state index in [1.54, 1.807) is 0 Å². The van der Waals surface area contributed by atoms with Crippen molar-refractivity contribution in [3.63, 3.8) is 0 Å². The number of rotatable bonds is 6. The maximum atomic E-state index is 5.31. The van der Waals surface area contributed by atoms with Gasteiger partial charge in [0.25, 0.3) is 5.54 Å². The van der Waals surface area contributed by atoms with Gasteiger partial charge in [0.05, 0.1) is 16.5 Å². The summed E-state index contributed by atoms with van der Waals surface area (Å²) >= 11 is 0. The highest BCUT2D eigenvalue weighted by atomic mass is 15.2. The summed E-state index contributed by atoms with van der Waals surface area (Å²) in [7, 11) is 2.02. The van der Waals surface area contributed by atoms with E-state index in [4.69, 9.17) is 15.0 Å². The summed E-state index contributed by atoms with van der Waals surface area (Å²) in [6.07, 6.45) is 29.5. The lowest BCUT2D eigenvalue weighted by Gasteiger charge is -2.37. The number of hydrogen-bond donors (Lipinski definition) is 0. The maximum absolute atomic E-state index is 5.31. The standard InChI is InChI=1S/C58H43N9/c1-55(2,3)37-11-24-65-54(29-37)57(50-14-20-61-32-44(50)45-33-62-21-15-51(45)57)40-9-5-7-38(27-40)56(48-12-18-59-30-42(48)43-31-60-19-13-49(43)56)39-8-6-10-41(28-39)58(67-26-25-66(4)36-67)52-16-22-63-34-46(52)47-35-64-23-17-53(47)58/h5-35H,1-4H3/q+2. The molecule has 0 saturated carbocycles. The van der Waals surface area contributed by atoms with E-state index in [2.05, 4.69) is 161 Å². The molecule has 1 aliphatic heterocycles. The molecule has 0 fully saturated rings. The smallest absolute Gasteiger partial charge is 0.264 e. The van der Waals surface area contributed by atoms with Crippen molar-refractivity contribution in [1.82, 2.24) is 34.9 Å². The second-order valence-corrected chi connectivity index (χ2v) is 19.0. The zero-order chi connectivity index (χ0) is 45.1. The molecular formula is C58H43N9+2. The topological polar surface area (TPSA) is 96.2 Å². The summed E-state index contributed by atoms with van der Waals surface area (Å²) in [5.41, 5.74) is 17.1. The Labute approximate surface area is 388 Å². The van der Waals surface area contributed by atoms with Crippen LogP contribution in [0.1, 0.15) is 87.7 Å². The lowest BCUT2D eigenvalue weighted by atomic mass is 9.64. The van der Waals surface area contributed by atoms with Gasteiger partial charge in [0.2, 0.25) is 12.4 Å². The van der Waals surface area contributed by atoms with Gasteiger partial charge < -0.3 is 0 Å². The van der Waals surface area contributed by atoms with E-state index in [0.29, 0.717) is 0 Å². The molecule has 0 saturated heterocycles. The number of aromatic nitrogens is 7. The van der Waals surface area contributed by atoms with E-state index >= 15 is 0 Å². The van der Waals surface area contributed by atoms with Gasteiger partial charge in [0.15, 0.2) is 7.05 Å². The molecule has 0 unspecified atom stereocenters. The Morgan fingerprint density at radius 1 is 0.433 bits per heavy atom. The summed E-state index contributed by atoms with van der Waals surface area (Å²) in [5, 5.41) is 0. The van der Waals surface area contributed by atoms with E-state index in [-0.39, 0.29) is 5.41 Å². The third-order valence-electron chi connectivity index (χ3n) is 14.7. The van der Waals surface area contributed by atoms with Crippen LogP contribution in [-0.2, 0) is 21.8 Å². The van der Waals surface area contributed by atoms with Crippen molar-refractivity contribution in [3.8, 4) is 33.4 Å². The van der Waals surface area contributed by atoms with Gasteiger partial charge in [-0.15, -0.1) is 0 Å². The molecule has 0 bridgehead atoms. The molecule has 2 aromatic carbocycles. The molecule has 7 aromatic heterocycles. The highest BCUT2D eigenvalue weighted by Gasteiger charge is 2.57. The summed E-state index contributed by atoms with van der Waals surface area (Å²) in [6.45, 7) is 6.78. The highest BCUT2D eigenvalue weighted by molar-refractivity contribution is 5.88. The van der Waals surface area contributed by atoms with Gasteiger partial charge in [-0.1, -0.05) is 72.4 Å². The first-order valence-corrected chi connectivity index (χ1v) is 22.6. The largest absolute Gasteiger partial charge is 0.490 e. The normalized spacial score (nSPS) is 16.0. The minimum atomic E-state index is -0.821. The fourth-order valence-electron chi connectivity index (χ4n) is 11.9. The molecule has 318 valence electrons. The van der Waals surface area contributed by atoms with Crippen molar-refractivity contribution in [3.05, 3.63) is 257 Å². The van der Waals surface area contributed by atoms with Crippen LogP contribution in [0.25, 0.3) is 33.4 Å². The molecule has 9 nitrogen and oxygen atoms in total. The van der Waals surface area contributed by atoms with Crippen molar-refractivity contribution >= 4 is 6.01 Å². The molecular weight excluding hydrogens is 823 g/mol. The predicted molar refractivity (Wildman–Crippen MR) is 257 cm³/mol. The molecule has 13 rings (SSSR count). The number of pyridine rings is 7. The molecule has 8 heterocycles. The Balaban J connectivity index is 1.13. The lowest BCUT2D eigenvalue weighted by molar-refractivity contribution is -0.533. The summed E-state index contributed by atoms with van der Waals surface area (Å²) in [6, 6.07) is 39.6. The first-order valence-electron chi connectivity index (χ1n) is 22.6. The highest BCUT2D eigenvalue weighted by Crippen LogP contribution is 2.60. The van der Waals surface area contributed by atoms with Crippen LogP contribution in [0.3, 0.4) is 0 Å². The minimum Gasteiger partial charge on any atom is -0.264 e. The second-order valence-electron chi connectivity index (χ2n) is 19.0. The van der Waals surface area contributed by atoms with Gasteiger partial charge in [-0.2, -0.15) is 0 Å². The number of hydrogen-bond acceptors (Lipinski definition) is 7. The second kappa shape index (κ2) is 14.1. The van der Waals surface area contributed by atoms with Crippen molar-refractivity contribution in [2.45, 2.75) is 42.6 Å². The van der Waals surface area contributed by atoms with Crippen LogP contribution in [-0.4, -0.2) is 57.1 Å². The maximum Gasteiger partial charge on any atom is 0.490 e. The molecule has 0 N–H and O–H groups in total. The molecule has 3 aliphatic carbocycles. The first-order chi connectivity index (χ1) is 32.8. The number of benzene rings is 2. The molecule has 0 amide bonds. The summed E-state index contributed by atoms with van der Waals surface area (Å²) in [5.74, 6) is 0. The number of nitrogens with zero attached hydrogens (tertiary/aromatic N) is 9. The molecule has 0 spiro atoms. The van der Waals surface area contributed by atoms with Crippen LogP contribution >= 0.6 is 0 Å². The Kier molecular flexibility index (Phi) is 8.18. The number of fused-ring (bicyclic) bond motifs is 9. The monoisotopic (exact) mass is 865 g/mol. The van der Waals surface area contributed by atoms with Crippen molar-refractivity contribution in [1.29, 1.82) is 0 Å². The van der Waals surface area contributed by atoms with E-state index in [9.17, 15) is 0 Å². The Morgan fingerprint density at radius 2 is 0.836 bits per heavy atom. The van der Waals surface area contributed by atoms with Crippen LogP contribution in [0.4, 0.5) is 0 Å². The zero-order valence-electron chi connectivity index (χ0n) is 37.4. The molecule has 4 aliphatic rings. The van der Waals surface area contributed by atoms with E-state index in [1.807, 2.05) is 92.2 Å². The minimum absolute atomic E-state index is 0.115. The average Bonchev–Trinajstić information content (AvgIpc) is 4.11. The predicted octanol–water partition coefficient (Wildman–Crippen LogP) is 10.1. The van der Waals surface area contributed by atoms with E-state index in [0.717, 1.165) is 94.7 Å². The molecule has 67 heavy (non-hydrogen) atoms. The Morgan fingerprint density at radius 3 is 1.28 bits per heavy atom. The molecule has 9 heteroatoms. The van der Waals surface area contributed by atoms with Crippen molar-refractivity contribution in [2.75, 3.05) is 7.05 Å². The van der Waals surface area contributed by atoms with E-state index in [1.165, 1.54) is 5.56 Å². The van der Waals surface area contributed by atoms with Gasteiger partial charge in [-0.05, 0) is 105 Å². The van der Waals surface area contributed by atoms with Crippen LogP contribution < -0.4 is 0 Å². The fraction of sp³-hybridized carbons (Fsp3) is 0.138. The third-order valence-corrected chi connectivity index (χ3v) is 14.7. The van der Waals surface area contributed by atoms with Gasteiger partial charge in [-0.3, -0.25) is 34.9 Å². The fourth-order valence-corrected chi connectivity index (χ4v) is 11.9. The van der Waals surface area contributed by atoms with Crippen LogP contribution in [0.15, 0.2) is 190 Å². The van der Waals surface area contributed by atoms with Gasteiger partial charge >= 0.3 is 6.01 Å². The summed E-state index contributed by atoms with van der Waals surface area (Å²) < 4.78 is 4.20. The van der Waals surface area contributed by atoms with Crippen LogP contribution in [0.5, 0.6) is 0 Å². The third kappa shape index (κ3) is 5.12. The van der Waals surface area contributed by atoms with Crippen LogP contribution in [0, 0.1) is 0 Å². The van der Waals surface area contributed by atoms with E-state index < -0.39 is 16.4 Å². The lowest BCUT2D eigenvalue weighted by Crippen LogP contribution is -2.38. The first kappa shape index (κ1) is 39.0. The van der Waals surface area contributed by atoms with Crippen molar-refractivity contribution in [2.24, 2.45) is 0 Å². The van der Waals surface area contributed by atoms with Crippen LogP contribution in [0.2, 0.25) is 0 Å². The molecule has 0 radical (unpaired) electrons. The van der Waals surface area contributed by atoms with Crippen molar-refractivity contribution < 1.29 is 9.15 Å². The summed E-state index contributed by atoms with van der Waals surface area (Å²) in [4.78, 5) is 33.4. The molecule has 0 atom stereocenters. The zero-order valence-corrected chi connectivity index (χ0v) is 37.4. The van der Waals surface area contributed by atoms with Gasteiger partial charge in [-0.25, -0.2) is 0 Å². The Hall–Kier alpha value is -8.39.